The predicted molar refractivity (Wildman–Crippen MR) is 47.1 cm³/mol. The van der Waals surface area contributed by atoms with Crippen molar-refractivity contribution < 1.29 is 19.5 Å². The first kappa shape index (κ1) is 10.3. The molecule has 2 amide bonds. The topological polar surface area (TPSA) is 74.7 Å². The van der Waals surface area contributed by atoms with Crippen LogP contribution in [0.15, 0.2) is 24.8 Å². The Morgan fingerprint density at radius 1 is 1.50 bits per heavy atom. The molecule has 1 rings (SSSR count). The number of carbonyl (C=O) groups excluding carboxylic acids is 3. The quantitative estimate of drug-likeness (QED) is 0.462. The number of hydrogen-bond donors (Lipinski definition) is 1. The monoisotopic (exact) mass is 195 g/mol. The van der Waals surface area contributed by atoms with Gasteiger partial charge in [-0.05, 0) is 0 Å². The van der Waals surface area contributed by atoms with Gasteiger partial charge in [0.05, 0.1) is 6.54 Å². The fourth-order valence-corrected chi connectivity index (χ4v) is 0.968. The Morgan fingerprint density at radius 3 is 2.43 bits per heavy atom. The molecule has 0 aliphatic carbocycles. The predicted octanol–water partition coefficient (Wildman–Crippen LogP) is -0.973. The molecular formula is C9H9NO4. The van der Waals surface area contributed by atoms with Crippen LogP contribution < -0.4 is 0 Å². The minimum atomic E-state index is -1.34. The van der Waals surface area contributed by atoms with Crippen LogP contribution in [0.1, 0.15) is 0 Å². The number of aliphatic hydroxyl groups is 1. The molecule has 1 aliphatic heterocycles. The molecule has 1 unspecified atom stereocenters. The third kappa shape index (κ3) is 1.94. The average molecular weight is 195 g/mol. The summed E-state index contributed by atoms with van der Waals surface area (Å²) in [7, 11) is 0. The van der Waals surface area contributed by atoms with E-state index in [-0.39, 0.29) is 0 Å². The van der Waals surface area contributed by atoms with Gasteiger partial charge in [-0.2, -0.15) is 0 Å². The maximum Gasteiger partial charge on any atom is 0.254 e. The molecule has 0 bridgehead atoms. The van der Waals surface area contributed by atoms with Gasteiger partial charge in [-0.3, -0.25) is 19.3 Å². The number of Topliss-reactive ketones (excluding diaryl/α,β-unsaturated/α-hetero) is 1. The third-order valence-electron chi connectivity index (χ3n) is 1.77. The SMILES string of the molecule is C=CC(O)C(=O)CN1C(=O)C=CC1=O. The molecule has 0 aromatic heterocycles. The lowest BCUT2D eigenvalue weighted by Crippen LogP contribution is -2.38. The number of rotatable bonds is 4. The second-order valence-corrected chi connectivity index (χ2v) is 2.74. The maximum absolute atomic E-state index is 11.1. The highest BCUT2D eigenvalue weighted by Crippen LogP contribution is 2.04. The van der Waals surface area contributed by atoms with Gasteiger partial charge in [-0.1, -0.05) is 6.08 Å². The summed E-state index contributed by atoms with van der Waals surface area (Å²) in [5, 5.41) is 9.02. The van der Waals surface area contributed by atoms with Crippen LogP contribution in [0.4, 0.5) is 0 Å². The summed E-state index contributed by atoms with van der Waals surface area (Å²) in [6.45, 7) is 2.80. The molecule has 1 aliphatic rings. The van der Waals surface area contributed by atoms with Crippen LogP contribution in [-0.2, 0) is 14.4 Å². The molecule has 1 atom stereocenters. The zero-order valence-corrected chi connectivity index (χ0v) is 7.34. The number of hydrogen-bond acceptors (Lipinski definition) is 4. The summed E-state index contributed by atoms with van der Waals surface area (Å²) >= 11 is 0. The van der Waals surface area contributed by atoms with Crippen LogP contribution in [-0.4, -0.2) is 40.3 Å². The van der Waals surface area contributed by atoms with Gasteiger partial charge in [0, 0.05) is 12.2 Å². The molecule has 5 heteroatoms. The van der Waals surface area contributed by atoms with Crippen molar-refractivity contribution in [3.63, 3.8) is 0 Å². The molecule has 5 nitrogen and oxygen atoms in total. The molecular weight excluding hydrogens is 186 g/mol. The van der Waals surface area contributed by atoms with E-state index in [4.69, 9.17) is 5.11 Å². The summed E-state index contributed by atoms with van der Waals surface area (Å²) in [4.78, 5) is 33.9. The minimum absolute atomic E-state index is 0.419. The van der Waals surface area contributed by atoms with E-state index in [0.29, 0.717) is 0 Å². The molecule has 0 radical (unpaired) electrons. The summed E-state index contributed by atoms with van der Waals surface area (Å²) in [6, 6.07) is 0. The molecule has 14 heavy (non-hydrogen) atoms. The van der Waals surface area contributed by atoms with Crippen LogP contribution in [0.25, 0.3) is 0 Å². The third-order valence-corrected chi connectivity index (χ3v) is 1.77. The van der Waals surface area contributed by atoms with E-state index in [0.717, 1.165) is 23.1 Å². The molecule has 0 saturated carbocycles. The van der Waals surface area contributed by atoms with Crippen molar-refractivity contribution in [1.82, 2.24) is 4.90 Å². The van der Waals surface area contributed by atoms with Crippen molar-refractivity contribution in [2.24, 2.45) is 0 Å². The molecule has 0 saturated heterocycles. The number of amides is 2. The Morgan fingerprint density at radius 2 is 2.00 bits per heavy atom. The number of imide groups is 1. The van der Waals surface area contributed by atoms with E-state index in [1.807, 2.05) is 0 Å². The first-order valence-corrected chi connectivity index (χ1v) is 3.93. The van der Waals surface area contributed by atoms with Gasteiger partial charge in [0.15, 0.2) is 5.78 Å². The van der Waals surface area contributed by atoms with E-state index in [9.17, 15) is 14.4 Å². The Labute approximate surface area is 80.3 Å². The van der Waals surface area contributed by atoms with E-state index >= 15 is 0 Å². The van der Waals surface area contributed by atoms with Crippen LogP contribution in [0.5, 0.6) is 0 Å². The van der Waals surface area contributed by atoms with Crippen LogP contribution >= 0.6 is 0 Å². The second kappa shape index (κ2) is 3.97. The lowest BCUT2D eigenvalue weighted by Gasteiger charge is -2.13. The summed E-state index contributed by atoms with van der Waals surface area (Å²) < 4.78 is 0. The summed E-state index contributed by atoms with van der Waals surface area (Å²) in [6.07, 6.45) is 1.86. The minimum Gasteiger partial charge on any atom is -0.381 e. The Balaban J connectivity index is 2.61. The maximum atomic E-state index is 11.1. The molecule has 74 valence electrons. The number of nitrogens with zero attached hydrogens (tertiary/aromatic N) is 1. The van der Waals surface area contributed by atoms with Crippen molar-refractivity contribution in [1.29, 1.82) is 0 Å². The number of carbonyl (C=O) groups is 3. The average Bonchev–Trinajstić information content (AvgIpc) is 2.48. The highest BCUT2D eigenvalue weighted by molar-refractivity contribution is 6.14. The van der Waals surface area contributed by atoms with E-state index in [2.05, 4.69) is 6.58 Å². The standard InChI is InChI=1S/C9H9NO4/c1-2-6(11)7(12)5-10-8(13)3-4-9(10)14/h2-4,6,11H,1,5H2. The Kier molecular flexibility index (Phi) is 2.93. The van der Waals surface area contributed by atoms with Crippen molar-refractivity contribution >= 4 is 17.6 Å². The summed E-state index contributed by atoms with van der Waals surface area (Å²) in [5.41, 5.74) is 0. The van der Waals surface area contributed by atoms with Crippen molar-refractivity contribution in [2.45, 2.75) is 6.10 Å². The van der Waals surface area contributed by atoms with Crippen LogP contribution in [0, 0.1) is 0 Å². The van der Waals surface area contributed by atoms with Crippen LogP contribution in [0.3, 0.4) is 0 Å². The van der Waals surface area contributed by atoms with Gasteiger partial charge in [0.25, 0.3) is 11.8 Å². The smallest absolute Gasteiger partial charge is 0.254 e. The lowest BCUT2D eigenvalue weighted by molar-refractivity contribution is -0.141. The van der Waals surface area contributed by atoms with Gasteiger partial charge in [-0.15, -0.1) is 6.58 Å². The Bertz CT molecular complexity index is 314. The first-order chi connectivity index (χ1) is 6.56. The van der Waals surface area contributed by atoms with Gasteiger partial charge >= 0.3 is 0 Å². The largest absolute Gasteiger partial charge is 0.381 e. The van der Waals surface area contributed by atoms with Gasteiger partial charge < -0.3 is 5.11 Å². The second-order valence-electron chi connectivity index (χ2n) is 2.74. The highest BCUT2D eigenvalue weighted by atomic mass is 16.3. The van der Waals surface area contributed by atoms with Gasteiger partial charge in [0.1, 0.15) is 6.10 Å². The fourth-order valence-electron chi connectivity index (χ4n) is 0.968. The summed E-state index contributed by atoms with van der Waals surface area (Å²) in [5.74, 6) is -1.72. The zero-order valence-electron chi connectivity index (χ0n) is 7.34. The lowest BCUT2D eigenvalue weighted by atomic mass is 10.2. The first-order valence-electron chi connectivity index (χ1n) is 3.93. The number of ketones is 1. The van der Waals surface area contributed by atoms with Crippen molar-refractivity contribution in [3.8, 4) is 0 Å². The molecule has 0 spiro atoms. The molecule has 0 aromatic carbocycles. The molecule has 0 aromatic rings. The van der Waals surface area contributed by atoms with Crippen molar-refractivity contribution in [3.05, 3.63) is 24.8 Å². The molecule has 0 fully saturated rings. The van der Waals surface area contributed by atoms with E-state index in [1.54, 1.807) is 0 Å². The Hall–Kier alpha value is -1.75. The van der Waals surface area contributed by atoms with E-state index < -0.39 is 30.2 Å². The van der Waals surface area contributed by atoms with Gasteiger partial charge in [-0.25, -0.2) is 0 Å². The van der Waals surface area contributed by atoms with Gasteiger partial charge in [0.2, 0.25) is 0 Å². The normalized spacial score (nSPS) is 17.4. The van der Waals surface area contributed by atoms with Crippen molar-refractivity contribution in [2.75, 3.05) is 6.54 Å². The molecule has 1 N–H and O–H groups in total. The van der Waals surface area contributed by atoms with E-state index in [1.165, 1.54) is 0 Å². The highest BCUT2D eigenvalue weighted by Gasteiger charge is 2.27. The zero-order chi connectivity index (χ0) is 10.7. The number of aliphatic hydroxyl groups excluding tert-OH is 1. The fraction of sp³-hybridized carbons (Fsp3) is 0.222. The molecule has 1 heterocycles. The van der Waals surface area contributed by atoms with Crippen LogP contribution in [0.2, 0.25) is 0 Å².